The predicted molar refractivity (Wildman–Crippen MR) is 113 cm³/mol. The van der Waals surface area contributed by atoms with E-state index in [0.717, 1.165) is 50.7 Å². The second-order valence-corrected chi connectivity index (χ2v) is 13.5. The molecule has 0 amide bonds. The van der Waals surface area contributed by atoms with Crippen LogP contribution in [0.25, 0.3) is 0 Å². The Kier molecular flexibility index (Phi) is 9.59. The van der Waals surface area contributed by atoms with Crippen LogP contribution in [-0.2, 0) is 15.6 Å². The average molecular weight is 379 g/mol. The summed E-state index contributed by atoms with van der Waals surface area (Å²) in [6, 6.07) is 8.42. The molecule has 0 aliphatic rings. The molecule has 0 radical (unpaired) electrons. The van der Waals surface area contributed by atoms with Gasteiger partial charge in [-0.2, -0.15) is 0 Å². The highest BCUT2D eigenvalue weighted by Gasteiger charge is 2.38. The van der Waals surface area contributed by atoms with Gasteiger partial charge in [-0.25, -0.2) is 0 Å². The van der Waals surface area contributed by atoms with Gasteiger partial charge in [0.05, 0.1) is 6.61 Å². The number of benzene rings is 1. The zero-order valence-corrected chi connectivity index (χ0v) is 18.6. The molecule has 148 valence electrons. The van der Waals surface area contributed by atoms with E-state index in [9.17, 15) is 4.79 Å². The van der Waals surface area contributed by atoms with Crippen LogP contribution >= 0.6 is 0 Å². The van der Waals surface area contributed by atoms with E-state index in [1.54, 1.807) is 0 Å². The number of carbonyl (C=O) groups is 1. The van der Waals surface area contributed by atoms with E-state index in [1.165, 1.54) is 5.56 Å². The lowest BCUT2D eigenvalue weighted by atomic mass is 10.1. The minimum absolute atomic E-state index is 0.257. The van der Waals surface area contributed by atoms with E-state index in [-0.39, 0.29) is 11.1 Å². The van der Waals surface area contributed by atoms with Gasteiger partial charge in [-0.05, 0) is 74.9 Å². The minimum atomic E-state index is -1.68. The third-order valence-corrected chi connectivity index (χ3v) is 9.90. The van der Waals surface area contributed by atoms with Gasteiger partial charge in [-0.3, -0.25) is 0 Å². The van der Waals surface area contributed by atoms with Gasteiger partial charge in [0, 0.05) is 12.5 Å². The van der Waals surface area contributed by atoms with Crippen LogP contribution in [0.3, 0.4) is 0 Å². The Hall–Kier alpha value is -1.13. The Morgan fingerprint density at radius 3 is 2.31 bits per heavy atom. The first kappa shape index (κ1) is 22.9. The largest absolute Gasteiger partial charge is 0.494 e. The molecule has 0 aromatic heterocycles. The zero-order chi connectivity index (χ0) is 19.6. The number of hydrogen-bond acceptors (Lipinski definition) is 3. The summed E-state index contributed by atoms with van der Waals surface area (Å²) in [4.78, 5) is 10.3. The molecule has 1 rings (SSSR count). The van der Waals surface area contributed by atoms with Crippen molar-refractivity contribution in [1.82, 2.24) is 0 Å². The summed E-state index contributed by atoms with van der Waals surface area (Å²) >= 11 is 0. The molecule has 0 fully saturated rings. The van der Waals surface area contributed by atoms with E-state index >= 15 is 0 Å². The Bertz CT molecular complexity index is 517. The minimum Gasteiger partial charge on any atom is -0.494 e. The molecule has 4 heteroatoms. The van der Waals surface area contributed by atoms with Crippen LogP contribution in [0.1, 0.15) is 65.4 Å². The van der Waals surface area contributed by atoms with Crippen LogP contribution in [0.15, 0.2) is 24.3 Å². The fourth-order valence-corrected chi connectivity index (χ4v) is 4.03. The van der Waals surface area contributed by atoms with Gasteiger partial charge in [0.25, 0.3) is 0 Å². The third-order valence-electron chi connectivity index (χ3n) is 5.30. The van der Waals surface area contributed by atoms with Crippen molar-refractivity contribution in [3.8, 4) is 5.75 Å². The van der Waals surface area contributed by atoms with Gasteiger partial charge in [0.2, 0.25) is 0 Å². The quantitative estimate of drug-likeness (QED) is 0.248. The maximum Gasteiger partial charge on any atom is 0.192 e. The van der Waals surface area contributed by atoms with Crippen molar-refractivity contribution < 1.29 is 14.0 Å². The third kappa shape index (κ3) is 8.50. The molecule has 1 aromatic carbocycles. The summed E-state index contributed by atoms with van der Waals surface area (Å²) in [6.07, 6.45) is 7.01. The number of carbonyl (C=O) groups excluding carboxylic acids is 1. The van der Waals surface area contributed by atoms with Crippen molar-refractivity contribution in [2.45, 2.75) is 90.5 Å². The normalized spacial score (nSPS) is 13.5. The lowest BCUT2D eigenvalue weighted by Gasteiger charge is -2.38. The summed E-state index contributed by atoms with van der Waals surface area (Å²) in [5.41, 5.74) is 1.33. The predicted octanol–water partition coefficient (Wildman–Crippen LogP) is 6.17. The number of unbranched alkanes of at least 4 members (excludes halogenated alkanes) is 3. The van der Waals surface area contributed by atoms with Crippen molar-refractivity contribution in [3.05, 3.63) is 29.8 Å². The monoisotopic (exact) mass is 378 g/mol. The Morgan fingerprint density at radius 2 is 1.73 bits per heavy atom. The summed E-state index contributed by atoms with van der Waals surface area (Å²) < 4.78 is 12.2. The molecule has 26 heavy (non-hydrogen) atoms. The summed E-state index contributed by atoms with van der Waals surface area (Å²) in [6.45, 7) is 14.4. The molecule has 1 aromatic rings. The number of hydrogen-bond donors (Lipinski definition) is 0. The van der Waals surface area contributed by atoms with Crippen molar-refractivity contribution in [1.29, 1.82) is 0 Å². The second-order valence-electron chi connectivity index (χ2n) is 8.74. The van der Waals surface area contributed by atoms with Crippen LogP contribution in [0.2, 0.25) is 18.1 Å². The van der Waals surface area contributed by atoms with E-state index in [2.05, 4.69) is 65.1 Å². The van der Waals surface area contributed by atoms with Crippen molar-refractivity contribution >= 4 is 14.6 Å². The zero-order valence-electron chi connectivity index (χ0n) is 17.6. The molecule has 3 nitrogen and oxygen atoms in total. The van der Waals surface area contributed by atoms with Gasteiger partial charge in [0.1, 0.15) is 12.0 Å². The standard InChI is InChI=1S/C22H38O3Si/c1-19(25-26(5,6)22(2,3)4)11-12-20-13-15-21(16-14-20)24-18-10-8-7-9-17-23/h13-17,19H,7-12,18H2,1-6H3. The molecule has 1 unspecified atom stereocenters. The molecule has 0 bridgehead atoms. The second kappa shape index (κ2) is 10.9. The van der Waals surface area contributed by atoms with Crippen molar-refractivity contribution in [2.24, 2.45) is 0 Å². The highest BCUT2D eigenvalue weighted by Crippen LogP contribution is 2.37. The van der Waals surface area contributed by atoms with Crippen LogP contribution < -0.4 is 4.74 Å². The highest BCUT2D eigenvalue weighted by molar-refractivity contribution is 6.74. The first-order chi connectivity index (χ1) is 12.2. The van der Waals surface area contributed by atoms with E-state index in [1.807, 2.05) is 0 Å². The Morgan fingerprint density at radius 1 is 1.08 bits per heavy atom. The van der Waals surface area contributed by atoms with Crippen LogP contribution in [0.5, 0.6) is 5.75 Å². The molecule has 0 saturated carbocycles. The molecule has 1 atom stereocenters. The summed E-state index contributed by atoms with van der Waals surface area (Å²) in [5.74, 6) is 0.926. The van der Waals surface area contributed by atoms with Gasteiger partial charge < -0.3 is 14.0 Å². The molecule has 0 aliphatic carbocycles. The fraction of sp³-hybridized carbons (Fsp3) is 0.682. The first-order valence-electron chi connectivity index (χ1n) is 9.99. The van der Waals surface area contributed by atoms with Gasteiger partial charge in [-0.15, -0.1) is 0 Å². The SMILES string of the molecule is CC(CCc1ccc(OCCCCCC=O)cc1)O[Si](C)(C)C(C)(C)C. The maximum absolute atomic E-state index is 10.3. The number of rotatable bonds is 12. The molecular formula is C22H38O3Si. The average Bonchev–Trinajstić information content (AvgIpc) is 2.56. The Labute approximate surface area is 161 Å². The van der Waals surface area contributed by atoms with Crippen LogP contribution in [-0.4, -0.2) is 27.3 Å². The van der Waals surface area contributed by atoms with Crippen molar-refractivity contribution in [3.63, 3.8) is 0 Å². The maximum atomic E-state index is 10.3. The summed E-state index contributed by atoms with van der Waals surface area (Å²) in [7, 11) is -1.68. The van der Waals surface area contributed by atoms with E-state index in [4.69, 9.17) is 9.16 Å². The molecule has 0 saturated heterocycles. The topological polar surface area (TPSA) is 35.5 Å². The van der Waals surface area contributed by atoms with Crippen molar-refractivity contribution in [2.75, 3.05) is 6.61 Å². The number of aldehydes is 1. The van der Waals surface area contributed by atoms with Gasteiger partial charge in [0.15, 0.2) is 8.32 Å². The van der Waals surface area contributed by atoms with Gasteiger partial charge >= 0.3 is 0 Å². The fourth-order valence-electron chi connectivity index (χ4n) is 2.56. The van der Waals surface area contributed by atoms with Crippen LogP contribution in [0, 0.1) is 0 Å². The van der Waals surface area contributed by atoms with Crippen LogP contribution in [0.4, 0.5) is 0 Å². The molecular weight excluding hydrogens is 340 g/mol. The number of ether oxygens (including phenoxy) is 1. The number of aryl methyl sites for hydroxylation is 1. The smallest absolute Gasteiger partial charge is 0.192 e. The molecule has 0 aliphatic heterocycles. The highest BCUT2D eigenvalue weighted by atomic mass is 28.4. The lowest BCUT2D eigenvalue weighted by molar-refractivity contribution is -0.107. The lowest BCUT2D eigenvalue weighted by Crippen LogP contribution is -2.43. The summed E-state index contributed by atoms with van der Waals surface area (Å²) in [5, 5.41) is 0.257. The molecule has 0 heterocycles. The molecule has 0 N–H and O–H groups in total. The van der Waals surface area contributed by atoms with Gasteiger partial charge in [-0.1, -0.05) is 32.9 Å². The first-order valence-corrected chi connectivity index (χ1v) is 12.9. The van der Waals surface area contributed by atoms with E-state index < -0.39 is 8.32 Å². The van der Waals surface area contributed by atoms with E-state index in [0.29, 0.717) is 6.42 Å². The Balaban J connectivity index is 2.33. The molecule has 0 spiro atoms.